The zero-order valence-electron chi connectivity index (χ0n) is 7.58. The molecule has 1 atom stereocenters. The van der Waals surface area contributed by atoms with E-state index in [0.29, 0.717) is 11.7 Å². The Hall–Kier alpha value is 0.0100. The smallest absolute Gasteiger partial charge is 1.00 e. The summed E-state index contributed by atoms with van der Waals surface area (Å²) in [7, 11) is 0. The van der Waals surface area contributed by atoms with Crippen LogP contribution in [0.3, 0.4) is 0 Å². The molecule has 0 spiro atoms. The van der Waals surface area contributed by atoms with E-state index in [2.05, 4.69) is 0 Å². The van der Waals surface area contributed by atoms with Crippen molar-refractivity contribution in [2.75, 3.05) is 6.54 Å². The first-order valence-corrected chi connectivity index (χ1v) is 3.49. The second-order valence-corrected chi connectivity index (χ2v) is 2.77. The molecule has 2 rings (SSSR count). The van der Waals surface area contributed by atoms with E-state index in [9.17, 15) is 4.79 Å². The number of fused-ring (bicyclic) bond motifs is 1. The quantitative estimate of drug-likeness (QED) is 0.436. The van der Waals surface area contributed by atoms with E-state index in [-0.39, 0.29) is 31.0 Å². The Morgan fingerprint density at radius 1 is 1.82 bits per heavy atom. The van der Waals surface area contributed by atoms with Gasteiger partial charge in [0.1, 0.15) is 5.70 Å². The van der Waals surface area contributed by atoms with Crippen LogP contribution in [0.5, 0.6) is 0 Å². The number of hydrogen-bond donors (Lipinski definition) is 1. The van der Waals surface area contributed by atoms with Crippen LogP contribution in [-0.4, -0.2) is 28.6 Å². The number of carboxylic acid groups (broad SMARTS) is 1. The number of carboxylic acids is 1. The molecule has 2 heterocycles. The fraction of sp³-hybridized carbons (Fsp3) is 0.571. The molecule has 0 aromatic carbocycles. The van der Waals surface area contributed by atoms with E-state index in [1.165, 1.54) is 0 Å². The molecular formula is C7H10NNaO2. The summed E-state index contributed by atoms with van der Waals surface area (Å²) in [6.07, 6.45) is 3.91. The van der Waals surface area contributed by atoms with Crippen molar-refractivity contribution in [2.24, 2.45) is 0 Å². The summed E-state index contributed by atoms with van der Waals surface area (Å²) in [5.74, 6) is -0.776. The van der Waals surface area contributed by atoms with E-state index in [4.69, 9.17) is 5.11 Å². The predicted octanol–water partition coefficient (Wildman–Crippen LogP) is -2.45. The number of rotatable bonds is 1. The second kappa shape index (κ2) is 3.17. The molecule has 1 unspecified atom stereocenters. The van der Waals surface area contributed by atoms with Crippen LogP contribution < -0.4 is 29.6 Å². The van der Waals surface area contributed by atoms with Crippen molar-refractivity contribution in [3.05, 3.63) is 11.8 Å². The van der Waals surface area contributed by atoms with Crippen molar-refractivity contribution in [1.29, 1.82) is 0 Å². The summed E-state index contributed by atoms with van der Waals surface area (Å²) in [5.41, 5.74) is 0.510. The molecule has 1 saturated heterocycles. The van der Waals surface area contributed by atoms with Gasteiger partial charge in [-0.3, -0.25) is 0 Å². The van der Waals surface area contributed by atoms with Gasteiger partial charge in [-0.15, -0.1) is 0 Å². The van der Waals surface area contributed by atoms with Gasteiger partial charge in [0.2, 0.25) is 0 Å². The molecule has 0 radical (unpaired) electrons. The molecule has 11 heavy (non-hydrogen) atoms. The van der Waals surface area contributed by atoms with Gasteiger partial charge in [-0.2, -0.15) is 0 Å². The number of hydrogen-bond acceptors (Lipinski definition) is 2. The minimum Gasteiger partial charge on any atom is -1.00 e. The van der Waals surface area contributed by atoms with Crippen molar-refractivity contribution in [2.45, 2.75) is 18.9 Å². The average molecular weight is 163 g/mol. The summed E-state index contributed by atoms with van der Waals surface area (Å²) >= 11 is 0. The van der Waals surface area contributed by atoms with Crippen LogP contribution in [-0.2, 0) is 4.79 Å². The van der Waals surface area contributed by atoms with Gasteiger partial charge in [0.25, 0.3) is 0 Å². The maximum atomic E-state index is 10.5. The summed E-state index contributed by atoms with van der Waals surface area (Å²) < 4.78 is 0. The largest absolute Gasteiger partial charge is 1.00 e. The summed E-state index contributed by atoms with van der Waals surface area (Å²) in [4.78, 5) is 12.4. The Balaban J connectivity index is 0.000000605. The van der Waals surface area contributed by atoms with Gasteiger partial charge in [0.05, 0.1) is 0 Å². The molecule has 0 saturated carbocycles. The monoisotopic (exact) mass is 163 g/mol. The van der Waals surface area contributed by atoms with Crippen LogP contribution in [0.1, 0.15) is 14.3 Å². The zero-order valence-corrected chi connectivity index (χ0v) is 8.58. The molecule has 56 valence electrons. The molecule has 0 aliphatic carbocycles. The van der Waals surface area contributed by atoms with Crippen molar-refractivity contribution < 1.29 is 40.9 Å². The van der Waals surface area contributed by atoms with Crippen LogP contribution in [0.15, 0.2) is 11.8 Å². The normalized spacial score (nSPS) is 26.4. The minimum absolute atomic E-state index is 0. The Kier molecular flexibility index (Phi) is 2.62. The molecule has 2 aliphatic rings. The van der Waals surface area contributed by atoms with Crippen LogP contribution in [0, 0.1) is 0 Å². The van der Waals surface area contributed by atoms with Gasteiger partial charge in [-0.25, -0.2) is 4.79 Å². The Labute approximate surface area is 88.8 Å². The number of nitrogens with zero attached hydrogens (tertiary/aromatic N) is 1. The van der Waals surface area contributed by atoms with E-state index in [1.807, 2.05) is 11.0 Å². The topological polar surface area (TPSA) is 40.5 Å². The SMILES string of the molecule is O=C(O)C1=CCC2CCN12.[H-].[Na+]. The van der Waals surface area contributed by atoms with Crippen molar-refractivity contribution in [3.8, 4) is 0 Å². The maximum absolute atomic E-state index is 10.5. The zero-order chi connectivity index (χ0) is 7.14. The molecular weight excluding hydrogens is 153 g/mol. The van der Waals surface area contributed by atoms with Crippen LogP contribution in [0.4, 0.5) is 0 Å². The van der Waals surface area contributed by atoms with Gasteiger partial charge in [0, 0.05) is 12.6 Å². The Morgan fingerprint density at radius 3 is 2.82 bits per heavy atom. The third kappa shape index (κ3) is 1.33. The molecule has 0 aromatic rings. The standard InChI is InChI=1S/C7H9NO2.Na.H/c9-7(10)6-2-1-5-3-4-8(5)6;;/h2,5H,1,3-4H2,(H,9,10);;/q;+1;-1. The summed E-state index contributed by atoms with van der Waals surface area (Å²) in [6.45, 7) is 0.933. The van der Waals surface area contributed by atoms with Gasteiger partial charge < -0.3 is 11.4 Å². The molecule has 2 aliphatic heterocycles. The van der Waals surface area contributed by atoms with Crippen LogP contribution in [0.2, 0.25) is 0 Å². The second-order valence-electron chi connectivity index (χ2n) is 2.77. The maximum Gasteiger partial charge on any atom is 1.00 e. The average Bonchev–Trinajstić information content (AvgIpc) is 2.07. The van der Waals surface area contributed by atoms with Gasteiger partial charge >= 0.3 is 35.5 Å². The fourth-order valence-corrected chi connectivity index (χ4v) is 1.58. The van der Waals surface area contributed by atoms with Gasteiger partial charge in [0.15, 0.2) is 0 Å². The molecule has 1 N–H and O–H groups in total. The van der Waals surface area contributed by atoms with Crippen LogP contribution >= 0.6 is 0 Å². The van der Waals surface area contributed by atoms with Crippen LogP contribution in [0.25, 0.3) is 0 Å². The van der Waals surface area contributed by atoms with Gasteiger partial charge in [-0.1, -0.05) is 6.08 Å². The third-order valence-electron chi connectivity index (χ3n) is 2.26. The van der Waals surface area contributed by atoms with Crippen molar-refractivity contribution in [3.63, 3.8) is 0 Å². The van der Waals surface area contributed by atoms with Crippen molar-refractivity contribution >= 4 is 5.97 Å². The van der Waals surface area contributed by atoms with Gasteiger partial charge in [-0.05, 0) is 12.8 Å². The summed E-state index contributed by atoms with van der Waals surface area (Å²) in [6, 6.07) is 0.520. The van der Waals surface area contributed by atoms with E-state index in [1.54, 1.807) is 0 Å². The minimum atomic E-state index is -0.776. The third-order valence-corrected chi connectivity index (χ3v) is 2.26. The van der Waals surface area contributed by atoms with E-state index >= 15 is 0 Å². The molecule has 0 aromatic heterocycles. The fourth-order valence-electron chi connectivity index (χ4n) is 1.58. The molecule has 1 fully saturated rings. The molecule has 3 nitrogen and oxygen atoms in total. The summed E-state index contributed by atoms with van der Waals surface area (Å²) in [5, 5.41) is 8.63. The number of carbonyl (C=O) groups is 1. The first kappa shape index (κ1) is 9.10. The first-order valence-electron chi connectivity index (χ1n) is 3.49. The number of aliphatic carboxylic acids is 1. The Bertz CT molecular complexity index is 219. The molecule has 4 heteroatoms. The molecule has 0 amide bonds. The van der Waals surface area contributed by atoms with Crippen molar-refractivity contribution in [1.82, 2.24) is 4.90 Å². The molecule has 0 bridgehead atoms. The predicted molar refractivity (Wildman–Crippen MR) is 36.6 cm³/mol. The first-order chi connectivity index (χ1) is 4.79. The van der Waals surface area contributed by atoms with E-state index in [0.717, 1.165) is 19.4 Å². The Morgan fingerprint density at radius 2 is 2.55 bits per heavy atom. The van der Waals surface area contributed by atoms with E-state index < -0.39 is 5.97 Å².